The van der Waals surface area contributed by atoms with Gasteiger partial charge in [0.25, 0.3) is 0 Å². The Hall–Kier alpha value is -2.25. The maximum atomic E-state index is 12.3. The standard InChI is InChI=1S/C37H63O8P/c1-3-5-7-9-11-13-15-17-18-20-22-24-26-28-30-32-37(39)45-35(34-44-46(40,41)42)33-43-36(38)31-29-27-25-23-21-19-16-14-12-10-8-6-4-2/h5,7,11,13-14,16-18,22,24,35H,3-4,6,8-10,12,15,19-21,23,25-34H2,1-2H3,(H2,40,41,42)/b7-5-,13-11-,16-14-,18-17-,24-22-. The molecule has 0 amide bonds. The number of carbonyl (C=O) groups excluding carboxylic acids is 2. The highest BCUT2D eigenvalue weighted by Crippen LogP contribution is 2.35. The van der Waals surface area contributed by atoms with E-state index in [9.17, 15) is 14.2 Å². The Morgan fingerprint density at radius 2 is 1.04 bits per heavy atom. The van der Waals surface area contributed by atoms with Gasteiger partial charge in [0.1, 0.15) is 6.61 Å². The van der Waals surface area contributed by atoms with Crippen LogP contribution in [0.3, 0.4) is 0 Å². The Labute approximate surface area is 279 Å². The molecule has 0 aromatic rings. The third kappa shape index (κ3) is 34.6. The summed E-state index contributed by atoms with van der Waals surface area (Å²) in [4.78, 5) is 42.6. The van der Waals surface area contributed by atoms with Crippen molar-refractivity contribution >= 4 is 19.8 Å². The molecule has 0 aromatic heterocycles. The third-order valence-corrected chi connectivity index (χ3v) is 7.51. The predicted molar refractivity (Wildman–Crippen MR) is 188 cm³/mol. The van der Waals surface area contributed by atoms with Gasteiger partial charge in [0.2, 0.25) is 0 Å². The van der Waals surface area contributed by atoms with Crippen molar-refractivity contribution in [2.75, 3.05) is 13.2 Å². The van der Waals surface area contributed by atoms with Crippen LogP contribution < -0.4 is 0 Å². The Morgan fingerprint density at radius 3 is 1.63 bits per heavy atom. The van der Waals surface area contributed by atoms with Crippen LogP contribution in [0.4, 0.5) is 0 Å². The zero-order chi connectivity index (χ0) is 34.0. The van der Waals surface area contributed by atoms with Crippen LogP contribution in [-0.4, -0.2) is 41.0 Å². The SMILES string of the molecule is CC/C=C\C/C=C\C/C=C\C/C=C\CCCCC(=O)OC(COC(=O)CCCCCCC/C=C\CCCCCC)COP(=O)(O)O. The molecule has 264 valence electrons. The summed E-state index contributed by atoms with van der Waals surface area (Å²) >= 11 is 0. The molecule has 0 saturated carbocycles. The lowest BCUT2D eigenvalue weighted by Gasteiger charge is -2.18. The second-order valence-electron chi connectivity index (χ2n) is 11.5. The molecule has 0 spiro atoms. The van der Waals surface area contributed by atoms with Crippen LogP contribution in [-0.2, 0) is 28.2 Å². The van der Waals surface area contributed by atoms with E-state index in [1.54, 1.807) is 0 Å². The molecule has 0 aromatic carbocycles. The van der Waals surface area contributed by atoms with Gasteiger partial charge >= 0.3 is 19.8 Å². The monoisotopic (exact) mass is 666 g/mol. The predicted octanol–water partition coefficient (Wildman–Crippen LogP) is 10.2. The number of phosphoric acid groups is 1. The van der Waals surface area contributed by atoms with Crippen LogP contribution in [0, 0.1) is 0 Å². The lowest BCUT2D eigenvalue weighted by atomic mass is 10.1. The molecule has 2 N–H and O–H groups in total. The van der Waals surface area contributed by atoms with Crippen molar-refractivity contribution in [1.29, 1.82) is 0 Å². The number of hydrogen-bond donors (Lipinski definition) is 2. The molecule has 0 fully saturated rings. The first-order valence-electron chi connectivity index (χ1n) is 17.6. The molecule has 8 nitrogen and oxygen atoms in total. The van der Waals surface area contributed by atoms with Crippen molar-refractivity contribution < 1.29 is 37.9 Å². The minimum atomic E-state index is -4.76. The van der Waals surface area contributed by atoms with E-state index in [2.05, 4.69) is 79.1 Å². The molecular weight excluding hydrogens is 603 g/mol. The third-order valence-electron chi connectivity index (χ3n) is 7.02. The fraction of sp³-hybridized carbons (Fsp3) is 0.676. The molecule has 0 bridgehead atoms. The number of unbranched alkanes of at least 4 members (excludes halogenated alkanes) is 11. The summed E-state index contributed by atoms with van der Waals surface area (Å²) in [5.41, 5.74) is 0. The largest absolute Gasteiger partial charge is 0.469 e. The minimum absolute atomic E-state index is 0.155. The Balaban J connectivity index is 4.11. The highest BCUT2D eigenvalue weighted by atomic mass is 31.2. The summed E-state index contributed by atoms with van der Waals surface area (Å²) in [5.74, 6) is -0.951. The smallest absolute Gasteiger partial charge is 0.462 e. The summed E-state index contributed by atoms with van der Waals surface area (Å²) in [6.45, 7) is 3.48. The number of phosphoric ester groups is 1. The molecule has 0 heterocycles. The van der Waals surface area contributed by atoms with Gasteiger partial charge in [-0.05, 0) is 77.0 Å². The second-order valence-corrected chi connectivity index (χ2v) is 12.7. The zero-order valence-electron chi connectivity index (χ0n) is 28.7. The van der Waals surface area contributed by atoms with Crippen LogP contribution in [0.15, 0.2) is 60.8 Å². The number of ether oxygens (including phenoxy) is 2. The average Bonchev–Trinajstić information content (AvgIpc) is 3.02. The van der Waals surface area contributed by atoms with E-state index in [0.717, 1.165) is 70.6 Å². The molecule has 1 atom stereocenters. The van der Waals surface area contributed by atoms with E-state index in [1.807, 2.05) is 0 Å². The molecule has 0 saturated heterocycles. The summed E-state index contributed by atoms with van der Waals surface area (Å²) in [5, 5.41) is 0. The number of esters is 2. The molecule has 0 aliphatic rings. The first-order valence-corrected chi connectivity index (χ1v) is 19.1. The molecule has 1 unspecified atom stereocenters. The molecule has 46 heavy (non-hydrogen) atoms. The van der Waals surface area contributed by atoms with E-state index < -0.39 is 32.5 Å². The normalized spacial score (nSPS) is 13.2. The van der Waals surface area contributed by atoms with E-state index in [4.69, 9.17) is 19.3 Å². The van der Waals surface area contributed by atoms with Gasteiger partial charge in [-0.1, -0.05) is 113 Å². The fourth-order valence-electron chi connectivity index (χ4n) is 4.41. The molecule has 9 heteroatoms. The molecule has 0 aliphatic heterocycles. The number of carbonyl (C=O) groups is 2. The van der Waals surface area contributed by atoms with Crippen LogP contribution >= 0.6 is 7.82 Å². The van der Waals surface area contributed by atoms with Gasteiger partial charge in [-0.15, -0.1) is 0 Å². The lowest BCUT2D eigenvalue weighted by Crippen LogP contribution is -2.29. The van der Waals surface area contributed by atoms with Gasteiger partial charge < -0.3 is 19.3 Å². The van der Waals surface area contributed by atoms with Crippen molar-refractivity contribution in [2.45, 2.75) is 148 Å². The van der Waals surface area contributed by atoms with Crippen molar-refractivity contribution in [2.24, 2.45) is 0 Å². The minimum Gasteiger partial charge on any atom is -0.462 e. The summed E-state index contributed by atoms with van der Waals surface area (Å²) in [7, 11) is -4.76. The molecule has 0 aliphatic carbocycles. The van der Waals surface area contributed by atoms with E-state index >= 15 is 0 Å². The van der Waals surface area contributed by atoms with Gasteiger partial charge in [-0.2, -0.15) is 0 Å². The first-order chi connectivity index (χ1) is 22.3. The van der Waals surface area contributed by atoms with Gasteiger partial charge in [-0.3, -0.25) is 14.1 Å². The Kier molecular flexibility index (Phi) is 31.1. The van der Waals surface area contributed by atoms with Crippen molar-refractivity contribution in [3.63, 3.8) is 0 Å². The summed E-state index contributed by atoms with van der Waals surface area (Å²) in [6, 6.07) is 0. The van der Waals surface area contributed by atoms with Crippen molar-refractivity contribution in [1.82, 2.24) is 0 Å². The fourth-order valence-corrected chi connectivity index (χ4v) is 4.78. The van der Waals surface area contributed by atoms with E-state index in [0.29, 0.717) is 12.8 Å². The van der Waals surface area contributed by atoms with Crippen LogP contribution in [0.2, 0.25) is 0 Å². The quantitative estimate of drug-likeness (QED) is 0.0325. The number of rotatable bonds is 31. The second kappa shape index (κ2) is 32.7. The maximum absolute atomic E-state index is 12.3. The summed E-state index contributed by atoms with van der Waals surface area (Å²) < 4.78 is 26.2. The van der Waals surface area contributed by atoms with E-state index in [1.165, 1.54) is 32.1 Å². The molecular formula is C37H63O8P. The number of hydrogen-bond acceptors (Lipinski definition) is 6. The Morgan fingerprint density at radius 1 is 0.587 bits per heavy atom. The maximum Gasteiger partial charge on any atom is 0.469 e. The van der Waals surface area contributed by atoms with E-state index in [-0.39, 0.29) is 19.4 Å². The number of allylic oxidation sites excluding steroid dienone is 10. The van der Waals surface area contributed by atoms with Crippen LogP contribution in [0.25, 0.3) is 0 Å². The molecule has 0 radical (unpaired) electrons. The van der Waals surface area contributed by atoms with Crippen molar-refractivity contribution in [3.8, 4) is 0 Å². The van der Waals surface area contributed by atoms with Gasteiger partial charge in [-0.25, -0.2) is 4.57 Å². The van der Waals surface area contributed by atoms with Crippen LogP contribution in [0.5, 0.6) is 0 Å². The highest BCUT2D eigenvalue weighted by molar-refractivity contribution is 7.46. The first kappa shape index (κ1) is 43.8. The van der Waals surface area contributed by atoms with Gasteiger partial charge in [0.15, 0.2) is 6.10 Å². The topological polar surface area (TPSA) is 119 Å². The van der Waals surface area contributed by atoms with Gasteiger partial charge in [0, 0.05) is 12.8 Å². The van der Waals surface area contributed by atoms with Crippen molar-refractivity contribution in [3.05, 3.63) is 60.8 Å². The Bertz CT molecular complexity index is 932. The van der Waals surface area contributed by atoms with Crippen LogP contribution in [0.1, 0.15) is 142 Å². The zero-order valence-corrected chi connectivity index (χ0v) is 29.6. The summed E-state index contributed by atoms with van der Waals surface area (Å²) in [6.07, 6.45) is 39.4. The van der Waals surface area contributed by atoms with Gasteiger partial charge in [0.05, 0.1) is 6.61 Å². The highest BCUT2D eigenvalue weighted by Gasteiger charge is 2.22. The average molecular weight is 667 g/mol. The lowest BCUT2D eigenvalue weighted by molar-refractivity contribution is -0.161. The molecule has 0 rings (SSSR count).